The quantitative estimate of drug-likeness (QED) is 0.712. The molecule has 2 N–H and O–H groups in total. The van der Waals surface area contributed by atoms with E-state index in [-0.39, 0.29) is 24.9 Å². The fourth-order valence-corrected chi connectivity index (χ4v) is 2.53. The summed E-state index contributed by atoms with van der Waals surface area (Å²) in [6.07, 6.45) is 2.91. The van der Waals surface area contributed by atoms with E-state index < -0.39 is 0 Å². The minimum Gasteiger partial charge on any atom is -0.454 e. The van der Waals surface area contributed by atoms with Gasteiger partial charge in [-0.2, -0.15) is 0 Å². The molecule has 4 rings (SSSR count). The maximum atomic E-state index is 12.2. The van der Waals surface area contributed by atoms with Gasteiger partial charge in [0.2, 0.25) is 6.79 Å². The number of carbonyl (C=O) groups is 1. The minimum absolute atomic E-state index is 0.158. The first-order valence-electron chi connectivity index (χ1n) is 7.29. The van der Waals surface area contributed by atoms with Crippen LogP contribution in [0.25, 0.3) is 11.2 Å². The van der Waals surface area contributed by atoms with Gasteiger partial charge < -0.3 is 19.8 Å². The van der Waals surface area contributed by atoms with E-state index in [1.54, 1.807) is 18.2 Å². The molecule has 9 nitrogen and oxygen atoms in total. The standard InChI is InChI=1S/C15H13N5O4/c21-14(9-1-2-11-12(5-9)24-8-23-11)17-3-4-20-13-10(19-15(20)22)6-16-7-18-13/h1-2,5-7H,3-4,8H2,(H,17,21)(H,19,22). The van der Waals surface area contributed by atoms with Gasteiger partial charge in [0, 0.05) is 18.7 Å². The van der Waals surface area contributed by atoms with Crippen molar-refractivity contribution in [2.75, 3.05) is 13.3 Å². The molecule has 0 radical (unpaired) electrons. The van der Waals surface area contributed by atoms with Gasteiger partial charge in [-0.1, -0.05) is 0 Å². The molecule has 24 heavy (non-hydrogen) atoms. The summed E-state index contributed by atoms with van der Waals surface area (Å²) in [6.45, 7) is 0.738. The first-order chi connectivity index (χ1) is 11.7. The molecule has 1 aliphatic heterocycles. The lowest BCUT2D eigenvalue weighted by Gasteiger charge is -2.06. The zero-order valence-corrected chi connectivity index (χ0v) is 12.5. The van der Waals surface area contributed by atoms with Crippen LogP contribution in [-0.2, 0) is 6.54 Å². The number of carbonyl (C=O) groups excluding carboxylic acids is 1. The summed E-state index contributed by atoms with van der Waals surface area (Å²) in [6, 6.07) is 4.98. The molecule has 3 heterocycles. The average Bonchev–Trinajstić information content (AvgIpc) is 3.18. The Kier molecular flexibility index (Phi) is 3.38. The normalized spacial score (nSPS) is 12.5. The van der Waals surface area contributed by atoms with E-state index in [0.717, 1.165) is 0 Å². The highest BCUT2D eigenvalue weighted by molar-refractivity contribution is 5.94. The summed E-state index contributed by atoms with van der Waals surface area (Å²) in [4.78, 5) is 34.7. The second-order valence-corrected chi connectivity index (χ2v) is 5.17. The third-order valence-corrected chi connectivity index (χ3v) is 3.69. The SMILES string of the molecule is O=C(NCCn1c(=O)[nH]c2cncnc21)c1ccc2c(c1)OCO2. The van der Waals surface area contributed by atoms with E-state index in [9.17, 15) is 9.59 Å². The van der Waals surface area contributed by atoms with Crippen LogP contribution in [0.4, 0.5) is 0 Å². The number of fused-ring (bicyclic) bond motifs is 2. The Morgan fingerprint density at radius 1 is 1.33 bits per heavy atom. The number of aromatic amines is 1. The number of H-pyrrole nitrogens is 1. The predicted molar refractivity (Wildman–Crippen MR) is 83.0 cm³/mol. The number of imidazole rings is 1. The van der Waals surface area contributed by atoms with Gasteiger partial charge in [-0.05, 0) is 18.2 Å². The first kappa shape index (κ1) is 14.2. The van der Waals surface area contributed by atoms with Crippen LogP contribution in [0.15, 0.2) is 35.5 Å². The first-order valence-corrected chi connectivity index (χ1v) is 7.29. The highest BCUT2D eigenvalue weighted by Gasteiger charge is 2.16. The second-order valence-electron chi connectivity index (χ2n) is 5.17. The maximum absolute atomic E-state index is 12.2. The maximum Gasteiger partial charge on any atom is 0.327 e. The number of nitrogens with zero attached hydrogens (tertiary/aromatic N) is 3. The monoisotopic (exact) mass is 327 g/mol. The van der Waals surface area contributed by atoms with Crippen LogP contribution < -0.4 is 20.5 Å². The number of nitrogens with one attached hydrogen (secondary N) is 2. The highest BCUT2D eigenvalue weighted by Crippen LogP contribution is 2.32. The molecule has 0 aliphatic carbocycles. The Morgan fingerprint density at radius 3 is 3.12 bits per heavy atom. The summed E-state index contributed by atoms with van der Waals surface area (Å²) < 4.78 is 11.9. The van der Waals surface area contributed by atoms with Gasteiger partial charge in [-0.15, -0.1) is 0 Å². The van der Waals surface area contributed by atoms with Gasteiger partial charge in [0.25, 0.3) is 5.91 Å². The number of ether oxygens (including phenoxy) is 2. The van der Waals surface area contributed by atoms with Gasteiger partial charge in [0.05, 0.1) is 6.20 Å². The van der Waals surface area contributed by atoms with Crippen LogP contribution in [0.2, 0.25) is 0 Å². The highest BCUT2D eigenvalue weighted by atomic mass is 16.7. The van der Waals surface area contributed by atoms with Crippen LogP contribution in [0.3, 0.4) is 0 Å². The van der Waals surface area contributed by atoms with Crippen molar-refractivity contribution in [1.82, 2.24) is 24.8 Å². The second kappa shape index (κ2) is 5.69. The molecule has 0 bridgehead atoms. The predicted octanol–water partition coefficient (Wildman–Crippen LogP) is 0.278. The molecule has 2 aromatic heterocycles. The van der Waals surface area contributed by atoms with E-state index in [1.807, 2.05) is 0 Å². The average molecular weight is 327 g/mol. The molecule has 0 spiro atoms. The molecule has 1 amide bonds. The van der Waals surface area contributed by atoms with Gasteiger partial charge in [0.1, 0.15) is 11.8 Å². The third kappa shape index (κ3) is 2.45. The van der Waals surface area contributed by atoms with Crippen LogP contribution in [-0.4, -0.2) is 38.8 Å². The van der Waals surface area contributed by atoms with Crippen molar-refractivity contribution >= 4 is 17.1 Å². The van der Waals surface area contributed by atoms with Crippen molar-refractivity contribution < 1.29 is 14.3 Å². The third-order valence-electron chi connectivity index (χ3n) is 3.69. The molecule has 1 aliphatic rings. The minimum atomic E-state index is -0.289. The zero-order valence-electron chi connectivity index (χ0n) is 12.5. The number of hydrogen-bond donors (Lipinski definition) is 2. The van der Waals surface area contributed by atoms with Crippen molar-refractivity contribution in [3.05, 3.63) is 46.8 Å². The number of hydrogen-bond acceptors (Lipinski definition) is 6. The largest absolute Gasteiger partial charge is 0.454 e. The number of aromatic nitrogens is 4. The fourth-order valence-electron chi connectivity index (χ4n) is 2.53. The summed E-state index contributed by atoms with van der Waals surface area (Å²) in [5.74, 6) is 0.916. The summed E-state index contributed by atoms with van der Waals surface area (Å²) in [5.41, 5.74) is 1.24. The molecule has 122 valence electrons. The summed E-state index contributed by atoms with van der Waals surface area (Å²) >= 11 is 0. The van der Waals surface area contributed by atoms with E-state index in [1.165, 1.54) is 17.1 Å². The molecule has 0 saturated carbocycles. The smallest absolute Gasteiger partial charge is 0.327 e. The Morgan fingerprint density at radius 2 is 2.21 bits per heavy atom. The number of amides is 1. The molecular formula is C15H13N5O4. The lowest BCUT2D eigenvalue weighted by atomic mass is 10.2. The van der Waals surface area contributed by atoms with Gasteiger partial charge in [0.15, 0.2) is 17.1 Å². The lowest BCUT2D eigenvalue weighted by molar-refractivity contribution is 0.0952. The molecule has 1 aromatic carbocycles. The van der Waals surface area contributed by atoms with Crippen LogP contribution in [0.5, 0.6) is 11.5 Å². The van der Waals surface area contributed by atoms with E-state index >= 15 is 0 Å². The van der Waals surface area contributed by atoms with Crippen molar-refractivity contribution in [3.63, 3.8) is 0 Å². The lowest BCUT2D eigenvalue weighted by Crippen LogP contribution is -2.30. The van der Waals surface area contributed by atoms with Crippen molar-refractivity contribution in [1.29, 1.82) is 0 Å². The van der Waals surface area contributed by atoms with E-state index in [0.29, 0.717) is 34.8 Å². The zero-order chi connectivity index (χ0) is 16.5. The molecule has 3 aromatic rings. The van der Waals surface area contributed by atoms with Gasteiger partial charge in [-0.25, -0.2) is 14.8 Å². The number of benzene rings is 1. The number of rotatable bonds is 4. The van der Waals surface area contributed by atoms with Crippen LogP contribution in [0.1, 0.15) is 10.4 Å². The van der Waals surface area contributed by atoms with E-state index in [4.69, 9.17) is 9.47 Å². The van der Waals surface area contributed by atoms with Gasteiger partial charge >= 0.3 is 5.69 Å². The van der Waals surface area contributed by atoms with Crippen LogP contribution in [0, 0.1) is 0 Å². The molecular weight excluding hydrogens is 314 g/mol. The van der Waals surface area contributed by atoms with Crippen molar-refractivity contribution in [3.8, 4) is 11.5 Å². The molecule has 0 unspecified atom stereocenters. The fraction of sp³-hybridized carbons (Fsp3) is 0.200. The van der Waals surface area contributed by atoms with Crippen molar-refractivity contribution in [2.24, 2.45) is 0 Å². The Bertz CT molecular complexity index is 977. The summed E-state index contributed by atoms with van der Waals surface area (Å²) in [5, 5.41) is 2.77. The Labute approximate surface area is 135 Å². The molecule has 0 saturated heterocycles. The molecule has 9 heteroatoms. The van der Waals surface area contributed by atoms with E-state index in [2.05, 4.69) is 20.3 Å². The Hall–Kier alpha value is -3.36. The molecule has 0 atom stereocenters. The molecule has 0 fully saturated rings. The topological polar surface area (TPSA) is 111 Å². The summed E-state index contributed by atoms with van der Waals surface area (Å²) in [7, 11) is 0. The van der Waals surface area contributed by atoms with Crippen LogP contribution >= 0.6 is 0 Å². The Balaban J connectivity index is 1.44. The van der Waals surface area contributed by atoms with Crippen molar-refractivity contribution in [2.45, 2.75) is 6.54 Å². The van der Waals surface area contributed by atoms with Gasteiger partial charge in [-0.3, -0.25) is 9.36 Å².